The standard InChI is InChI=1S/C27H34ClN3O3S/c1-34-20-3-4-24-22(17-20)26(23(28)18-30-24)25(33)5-8-27(19-32)9-14-31(15-10-27)13-2-16-35-21-6-11-29-12-7-21/h3-4,6-7,11-12,17-18,25,32-33H,2,5,8-10,13-16,19H2,1H3/t25-/m0/s1. The number of benzene rings is 1. The lowest BCUT2D eigenvalue weighted by molar-refractivity contribution is 0.0238. The minimum absolute atomic E-state index is 0.143. The minimum atomic E-state index is -0.730. The molecule has 2 N–H and O–H groups in total. The summed E-state index contributed by atoms with van der Waals surface area (Å²) in [6.07, 6.45) is 8.84. The number of piperidine rings is 1. The smallest absolute Gasteiger partial charge is 0.119 e. The summed E-state index contributed by atoms with van der Waals surface area (Å²) in [6.45, 7) is 3.17. The number of thioether (sulfide) groups is 1. The van der Waals surface area contributed by atoms with Gasteiger partial charge in [0.05, 0.1) is 23.8 Å². The van der Waals surface area contributed by atoms with Crippen LogP contribution in [0.25, 0.3) is 10.9 Å². The van der Waals surface area contributed by atoms with Gasteiger partial charge in [-0.2, -0.15) is 0 Å². The maximum Gasteiger partial charge on any atom is 0.119 e. The van der Waals surface area contributed by atoms with Gasteiger partial charge in [-0.1, -0.05) is 11.6 Å². The van der Waals surface area contributed by atoms with Gasteiger partial charge in [0.25, 0.3) is 0 Å². The van der Waals surface area contributed by atoms with Crippen LogP contribution in [0.4, 0.5) is 0 Å². The second-order valence-electron chi connectivity index (χ2n) is 9.34. The number of ether oxygens (including phenoxy) is 1. The Bertz CT molecular complexity index is 1090. The molecule has 1 saturated heterocycles. The van der Waals surface area contributed by atoms with Gasteiger partial charge in [0, 0.05) is 41.0 Å². The van der Waals surface area contributed by atoms with Crippen molar-refractivity contribution in [2.45, 2.75) is 43.1 Å². The van der Waals surface area contributed by atoms with Crippen LogP contribution in [0, 0.1) is 5.41 Å². The van der Waals surface area contributed by atoms with Gasteiger partial charge in [-0.05, 0) is 93.2 Å². The SMILES string of the molecule is COc1ccc2ncc(Cl)c([C@@H](O)CCC3(CO)CCN(CCCSc4ccncc4)CC3)c2c1. The van der Waals surface area contributed by atoms with Crippen molar-refractivity contribution in [2.75, 3.05) is 39.1 Å². The van der Waals surface area contributed by atoms with Crippen molar-refractivity contribution in [2.24, 2.45) is 5.41 Å². The second kappa shape index (κ2) is 12.4. The number of aromatic nitrogens is 2. The van der Waals surface area contributed by atoms with Crippen LogP contribution in [0.2, 0.25) is 5.02 Å². The topological polar surface area (TPSA) is 78.7 Å². The average molecular weight is 516 g/mol. The van der Waals surface area contributed by atoms with Gasteiger partial charge in [-0.15, -0.1) is 11.8 Å². The third-order valence-corrected chi connectivity index (χ3v) is 8.54. The summed E-state index contributed by atoms with van der Waals surface area (Å²) < 4.78 is 5.36. The molecule has 8 heteroatoms. The molecule has 1 aliphatic rings. The van der Waals surface area contributed by atoms with Gasteiger partial charge >= 0.3 is 0 Å². The fourth-order valence-electron chi connectivity index (χ4n) is 4.87. The molecular formula is C27H34ClN3O3S. The number of methoxy groups -OCH3 is 1. The van der Waals surface area contributed by atoms with Crippen molar-refractivity contribution in [3.05, 3.63) is 59.5 Å². The van der Waals surface area contributed by atoms with Gasteiger partial charge < -0.3 is 19.8 Å². The third-order valence-electron chi connectivity index (χ3n) is 7.14. The first kappa shape index (κ1) is 26.2. The zero-order valence-electron chi connectivity index (χ0n) is 20.2. The number of rotatable bonds is 11. The molecule has 0 spiro atoms. The highest BCUT2D eigenvalue weighted by molar-refractivity contribution is 7.99. The lowest BCUT2D eigenvalue weighted by Gasteiger charge is -2.41. The first-order valence-corrected chi connectivity index (χ1v) is 13.6. The van der Waals surface area contributed by atoms with E-state index in [1.165, 1.54) is 4.90 Å². The van der Waals surface area contributed by atoms with Gasteiger partial charge in [0.2, 0.25) is 0 Å². The van der Waals surface area contributed by atoms with Crippen LogP contribution in [-0.4, -0.2) is 64.2 Å². The third kappa shape index (κ3) is 6.66. The van der Waals surface area contributed by atoms with E-state index in [0.29, 0.717) is 22.8 Å². The molecular weight excluding hydrogens is 482 g/mol. The Morgan fingerprint density at radius 2 is 1.97 bits per heavy atom. The van der Waals surface area contributed by atoms with Gasteiger partial charge in [0.15, 0.2) is 0 Å². The van der Waals surface area contributed by atoms with Crippen molar-refractivity contribution in [1.82, 2.24) is 14.9 Å². The molecule has 4 rings (SSSR count). The van der Waals surface area contributed by atoms with Crippen molar-refractivity contribution in [3.63, 3.8) is 0 Å². The first-order valence-electron chi connectivity index (χ1n) is 12.2. The molecule has 1 atom stereocenters. The Kier molecular flexibility index (Phi) is 9.25. The van der Waals surface area contributed by atoms with Gasteiger partial charge in [0.1, 0.15) is 5.75 Å². The number of hydrogen-bond donors (Lipinski definition) is 2. The van der Waals surface area contributed by atoms with Crippen LogP contribution in [0.3, 0.4) is 0 Å². The fourth-order valence-corrected chi connectivity index (χ4v) is 5.97. The summed E-state index contributed by atoms with van der Waals surface area (Å²) in [5, 5.41) is 22.7. The molecule has 3 heterocycles. The average Bonchev–Trinajstić information content (AvgIpc) is 2.90. The molecule has 188 valence electrons. The van der Waals surface area contributed by atoms with E-state index in [0.717, 1.165) is 62.0 Å². The number of nitrogens with zero attached hydrogens (tertiary/aromatic N) is 3. The normalized spacial score (nSPS) is 16.9. The minimum Gasteiger partial charge on any atom is -0.497 e. The first-order chi connectivity index (χ1) is 17.0. The molecule has 6 nitrogen and oxygen atoms in total. The summed E-state index contributed by atoms with van der Waals surface area (Å²) in [5.74, 6) is 1.79. The lowest BCUT2D eigenvalue weighted by atomic mass is 9.74. The molecule has 3 aromatic rings. The van der Waals surface area contributed by atoms with E-state index < -0.39 is 6.10 Å². The van der Waals surface area contributed by atoms with Crippen LogP contribution >= 0.6 is 23.4 Å². The Labute approximate surface area is 216 Å². The number of fused-ring (bicyclic) bond motifs is 1. The summed E-state index contributed by atoms with van der Waals surface area (Å²) in [6, 6.07) is 9.70. The summed E-state index contributed by atoms with van der Waals surface area (Å²) in [4.78, 5) is 12.2. The zero-order chi connectivity index (χ0) is 24.7. The van der Waals surface area contributed by atoms with E-state index in [9.17, 15) is 10.2 Å². The molecule has 0 unspecified atom stereocenters. The fraction of sp³-hybridized carbons (Fsp3) is 0.481. The second-order valence-corrected chi connectivity index (χ2v) is 10.9. The molecule has 0 radical (unpaired) electrons. The summed E-state index contributed by atoms with van der Waals surface area (Å²) in [7, 11) is 1.62. The van der Waals surface area contributed by atoms with Crippen LogP contribution < -0.4 is 4.74 Å². The maximum absolute atomic E-state index is 11.1. The zero-order valence-corrected chi connectivity index (χ0v) is 21.8. The van der Waals surface area contributed by atoms with Crippen molar-refractivity contribution in [1.29, 1.82) is 0 Å². The van der Waals surface area contributed by atoms with E-state index in [1.54, 1.807) is 13.3 Å². The van der Waals surface area contributed by atoms with E-state index in [2.05, 4.69) is 14.9 Å². The highest BCUT2D eigenvalue weighted by Crippen LogP contribution is 2.40. The predicted octanol–water partition coefficient (Wildman–Crippen LogP) is 5.36. The quantitative estimate of drug-likeness (QED) is 0.263. The molecule has 1 aromatic carbocycles. The largest absolute Gasteiger partial charge is 0.497 e. The Morgan fingerprint density at radius 1 is 1.20 bits per heavy atom. The highest BCUT2D eigenvalue weighted by atomic mass is 35.5. The van der Waals surface area contributed by atoms with E-state index in [-0.39, 0.29) is 12.0 Å². The van der Waals surface area contributed by atoms with E-state index in [1.807, 2.05) is 54.5 Å². The predicted molar refractivity (Wildman–Crippen MR) is 142 cm³/mol. The molecule has 0 bridgehead atoms. The summed E-state index contributed by atoms with van der Waals surface area (Å²) in [5.41, 5.74) is 1.31. The highest BCUT2D eigenvalue weighted by Gasteiger charge is 2.34. The molecule has 1 aliphatic heterocycles. The van der Waals surface area contributed by atoms with Crippen molar-refractivity contribution < 1.29 is 14.9 Å². The van der Waals surface area contributed by atoms with Crippen molar-refractivity contribution in [3.8, 4) is 5.75 Å². The summed E-state index contributed by atoms with van der Waals surface area (Å²) >= 11 is 8.35. The molecule has 0 amide bonds. The molecule has 0 saturated carbocycles. The van der Waals surface area contributed by atoms with E-state index in [4.69, 9.17) is 16.3 Å². The lowest BCUT2D eigenvalue weighted by Crippen LogP contribution is -2.42. The van der Waals surface area contributed by atoms with Crippen molar-refractivity contribution >= 4 is 34.3 Å². The Hall–Kier alpha value is -1.90. The van der Waals surface area contributed by atoms with Crippen LogP contribution in [0.1, 0.15) is 43.8 Å². The van der Waals surface area contributed by atoms with Crippen LogP contribution in [-0.2, 0) is 0 Å². The number of aliphatic hydroxyl groups is 2. The maximum atomic E-state index is 11.1. The van der Waals surface area contributed by atoms with Crippen LogP contribution in [0.5, 0.6) is 5.75 Å². The Morgan fingerprint density at radius 3 is 2.69 bits per heavy atom. The number of halogens is 1. The Balaban J connectivity index is 1.30. The monoisotopic (exact) mass is 515 g/mol. The molecule has 35 heavy (non-hydrogen) atoms. The number of aliphatic hydroxyl groups excluding tert-OH is 2. The molecule has 1 fully saturated rings. The van der Waals surface area contributed by atoms with Crippen LogP contribution in [0.15, 0.2) is 53.8 Å². The number of pyridine rings is 2. The van der Waals surface area contributed by atoms with Gasteiger partial charge in [-0.25, -0.2) is 0 Å². The number of likely N-dealkylation sites (tertiary alicyclic amines) is 1. The van der Waals surface area contributed by atoms with Gasteiger partial charge in [-0.3, -0.25) is 9.97 Å². The van der Waals surface area contributed by atoms with E-state index >= 15 is 0 Å². The number of hydrogen-bond acceptors (Lipinski definition) is 7. The molecule has 2 aromatic heterocycles. The molecule has 0 aliphatic carbocycles.